The van der Waals surface area contributed by atoms with Crippen LogP contribution in [0.15, 0.2) is 22.9 Å². The Labute approximate surface area is 110 Å². The fraction of sp³-hybridized carbons (Fsp3) is 0.417. The third-order valence-corrected chi connectivity index (χ3v) is 2.47. The molecule has 7 nitrogen and oxygen atoms in total. The third-order valence-electron chi connectivity index (χ3n) is 2.47. The van der Waals surface area contributed by atoms with Crippen molar-refractivity contribution in [3.05, 3.63) is 24.2 Å². The van der Waals surface area contributed by atoms with E-state index >= 15 is 0 Å². The van der Waals surface area contributed by atoms with Crippen LogP contribution in [0.3, 0.4) is 0 Å². The summed E-state index contributed by atoms with van der Waals surface area (Å²) in [6.07, 6.45) is 1.63. The largest absolute Gasteiger partial charge is 0.480 e. The van der Waals surface area contributed by atoms with Crippen LogP contribution in [-0.4, -0.2) is 35.4 Å². The van der Waals surface area contributed by atoms with Crippen LogP contribution in [-0.2, 0) is 4.74 Å². The van der Waals surface area contributed by atoms with Gasteiger partial charge >= 0.3 is 0 Å². The highest BCUT2D eigenvalue weighted by Gasteiger charge is 2.18. The third kappa shape index (κ3) is 3.07. The molecule has 0 fully saturated rings. The molecular formula is C12H16N4O3. The van der Waals surface area contributed by atoms with Crippen LogP contribution in [0.5, 0.6) is 5.88 Å². The van der Waals surface area contributed by atoms with Crippen molar-refractivity contribution in [1.29, 1.82) is 0 Å². The molecule has 0 aliphatic heterocycles. The highest BCUT2D eigenvalue weighted by molar-refractivity contribution is 5.59. The molecule has 0 spiro atoms. The van der Waals surface area contributed by atoms with E-state index in [0.29, 0.717) is 36.4 Å². The maximum Gasteiger partial charge on any atom is 0.263 e. The van der Waals surface area contributed by atoms with Gasteiger partial charge in [-0.25, -0.2) is 4.98 Å². The molecule has 0 aliphatic rings. The molecule has 2 aromatic rings. The van der Waals surface area contributed by atoms with Gasteiger partial charge in [-0.2, -0.15) is 4.98 Å². The maximum atomic E-state index is 5.89. The fourth-order valence-electron chi connectivity index (χ4n) is 1.53. The molecule has 2 rings (SSSR count). The summed E-state index contributed by atoms with van der Waals surface area (Å²) in [7, 11) is 1.53. The SMILES string of the molecule is CCOCC(N)c1noc(-c2cccnc2OC)n1. The zero-order valence-corrected chi connectivity index (χ0v) is 10.9. The number of nitrogens with zero attached hydrogens (tertiary/aromatic N) is 3. The van der Waals surface area contributed by atoms with E-state index in [1.807, 2.05) is 6.92 Å². The molecule has 1 atom stereocenters. The lowest BCUT2D eigenvalue weighted by Crippen LogP contribution is -2.18. The molecule has 0 bridgehead atoms. The Morgan fingerprint density at radius 2 is 2.32 bits per heavy atom. The van der Waals surface area contributed by atoms with E-state index in [-0.39, 0.29) is 0 Å². The van der Waals surface area contributed by atoms with Gasteiger partial charge in [-0.1, -0.05) is 5.16 Å². The zero-order valence-electron chi connectivity index (χ0n) is 10.9. The smallest absolute Gasteiger partial charge is 0.263 e. The average molecular weight is 264 g/mol. The van der Waals surface area contributed by atoms with Gasteiger partial charge in [0, 0.05) is 12.8 Å². The second kappa shape index (κ2) is 6.26. The van der Waals surface area contributed by atoms with Crippen LogP contribution >= 0.6 is 0 Å². The zero-order chi connectivity index (χ0) is 13.7. The van der Waals surface area contributed by atoms with Crippen molar-refractivity contribution in [2.24, 2.45) is 5.73 Å². The number of methoxy groups -OCH3 is 1. The van der Waals surface area contributed by atoms with E-state index < -0.39 is 6.04 Å². The van der Waals surface area contributed by atoms with E-state index in [1.165, 1.54) is 7.11 Å². The Kier molecular flexibility index (Phi) is 4.43. The molecule has 2 N–H and O–H groups in total. The maximum absolute atomic E-state index is 5.89. The molecule has 0 radical (unpaired) electrons. The first kappa shape index (κ1) is 13.4. The summed E-state index contributed by atoms with van der Waals surface area (Å²) in [6, 6.07) is 3.14. The highest BCUT2D eigenvalue weighted by Crippen LogP contribution is 2.26. The Morgan fingerprint density at radius 3 is 3.05 bits per heavy atom. The minimum Gasteiger partial charge on any atom is -0.480 e. The molecule has 1 unspecified atom stereocenters. The summed E-state index contributed by atoms with van der Waals surface area (Å²) in [5.41, 5.74) is 6.52. The van der Waals surface area contributed by atoms with E-state index in [4.69, 9.17) is 19.7 Å². The monoisotopic (exact) mass is 264 g/mol. The first-order valence-corrected chi connectivity index (χ1v) is 5.92. The molecule has 0 amide bonds. The Balaban J connectivity index is 2.20. The van der Waals surface area contributed by atoms with Crippen LogP contribution < -0.4 is 10.5 Å². The van der Waals surface area contributed by atoms with Gasteiger partial charge in [0.05, 0.1) is 19.8 Å². The number of hydrogen-bond acceptors (Lipinski definition) is 7. The van der Waals surface area contributed by atoms with Crippen molar-refractivity contribution in [3.8, 4) is 17.3 Å². The van der Waals surface area contributed by atoms with Crippen LogP contribution in [0.2, 0.25) is 0 Å². The number of ether oxygens (including phenoxy) is 2. The lowest BCUT2D eigenvalue weighted by Gasteiger charge is -2.05. The average Bonchev–Trinajstić information content (AvgIpc) is 2.94. The van der Waals surface area contributed by atoms with Gasteiger partial charge in [0.25, 0.3) is 5.89 Å². The first-order chi connectivity index (χ1) is 9.26. The van der Waals surface area contributed by atoms with E-state index in [0.717, 1.165) is 0 Å². The molecule has 7 heteroatoms. The van der Waals surface area contributed by atoms with Crippen LogP contribution in [0, 0.1) is 0 Å². The van der Waals surface area contributed by atoms with Crippen molar-refractivity contribution in [2.45, 2.75) is 13.0 Å². The summed E-state index contributed by atoms with van der Waals surface area (Å²) in [6.45, 7) is 2.84. The van der Waals surface area contributed by atoms with Gasteiger partial charge < -0.3 is 19.7 Å². The summed E-state index contributed by atoms with van der Waals surface area (Å²) < 4.78 is 15.5. The Hall–Kier alpha value is -1.99. The molecule has 102 valence electrons. The lowest BCUT2D eigenvalue weighted by atomic mass is 10.2. The van der Waals surface area contributed by atoms with Crippen LogP contribution in [0.25, 0.3) is 11.5 Å². The summed E-state index contributed by atoms with van der Waals surface area (Å²) in [4.78, 5) is 8.31. The minimum absolute atomic E-state index is 0.326. The molecular weight excluding hydrogens is 248 g/mol. The number of nitrogens with two attached hydrogens (primary N) is 1. The standard InChI is InChI=1S/C12H16N4O3/c1-3-18-7-9(13)10-15-12(19-16-10)8-5-4-6-14-11(8)17-2/h4-6,9H,3,7,13H2,1-2H3. The lowest BCUT2D eigenvalue weighted by molar-refractivity contribution is 0.130. The normalized spacial score (nSPS) is 12.4. The summed E-state index contributed by atoms with van der Waals surface area (Å²) in [5, 5.41) is 3.85. The van der Waals surface area contributed by atoms with Crippen molar-refractivity contribution in [1.82, 2.24) is 15.1 Å². The molecule has 0 aromatic carbocycles. The van der Waals surface area contributed by atoms with Crippen molar-refractivity contribution in [2.75, 3.05) is 20.3 Å². The molecule has 0 aliphatic carbocycles. The van der Waals surface area contributed by atoms with Gasteiger partial charge in [0.2, 0.25) is 5.88 Å². The number of pyridine rings is 1. The Morgan fingerprint density at radius 1 is 1.47 bits per heavy atom. The van der Waals surface area contributed by atoms with E-state index in [1.54, 1.807) is 18.3 Å². The van der Waals surface area contributed by atoms with Gasteiger partial charge in [-0.15, -0.1) is 0 Å². The fourth-order valence-corrected chi connectivity index (χ4v) is 1.53. The summed E-state index contributed by atoms with van der Waals surface area (Å²) >= 11 is 0. The van der Waals surface area contributed by atoms with Gasteiger partial charge in [0.1, 0.15) is 5.56 Å². The molecule has 0 saturated carbocycles. The number of hydrogen-bond donors (Lipinski definition) is 1. The summed E-state index contributed by atoms with van der Waals surface area (Å²) in [5.74, 6) is 1.15. The van der Waals surface area contributed by atoms with Crippen LogP contribution in [0.1, 0.15) is 18.8 Å². The molecule has 0 saturated heterocycles. The molecule has 2 heterocycles. The number of rotatable bonds is 6. The van der Waals surface area contributed by atoms with Gasteiger partial charge in [-0.05, 0) is 19.1 Å². The topological polar surface area (TPSA) is 96.3 Å². The quantitative estimate of drug-likeness (QED) is 0.836. The van der Waals surface area contributed by atoms with Crippen molar-refractivity contribution >= 4 is 0 Å². The van der Waals surface area contributed by atoms with Gasteiger partial charge in [0.15, 0.2) is 5.82 Å². The van der Waals surface area contributed by atoms with E-state index in [9.17, 15) is 0 Å². The van der Waals surface area contributed by atoms with Gasteiger partial charge in [-0.3, -0.25) is 0 Å². The second-order valence-electron chi connectivity index (χ2n) is 3.78. The minimum atomic E-state index is -0.417. The van der Waals surface area contributed by atoms with Crippen molar-refractivity contribution in [3.63, 3.8) is 0 Å². The Bertz CT molecular complexity index is 529. The first-order valence-electron chi connectivity index (χ1n) is 5.92. The number of aromatic nitrogens is 3. The predicted molar refractivity (Wildman–Crippen MR) is 67.5 cm³/mol. The van der Waals surface area contributed by atoms with E-state index in [2.05, 4.69) is 15.1 Å². The molecule has 2 aromatic heterocycles. The predicted octanol–water partition coefficient (Wildman–Crippen LogP) is 1.18. The highest BCUT2D eigenvalue weighted by atomic mass is 16.5. The van der Waals surface area contributed by atoms with Crippen molar-refractivity contribution < 1.29 is 14.0 Å². The van der Waals surface area contributed by atoms with Crippen LogP contribution in [0.4, 0.5) is 0 Å². The molecule has 19 heavy (non-hydrogen) atoms. The second-order valence-corrected chi connectivity index (χ2v) is 3.78.